The van der Waals surface area contributed by atoms with Gasteiger partial charge in [0.25, 0.3) is 0 Å². The van der Waals surface area contributed by atoms with E-state index in [1.807, 2.05) is 6.07 Å². The van der Waals surface area contributed by atoms with E-state index >= 15 is 0 Å². The number of hydrogen-bond donors (Lipinski definition) is 2. The number of fused-ring (bicyclic) bond motifs is 1. The SMILES string of the molecule is CCOC(=O)c1c(NCc2cccc(F)c2)oc(C=C2C=Nc3ncccc32)c1O. The summed E-state index contributed by atoms with van der Waals surface area (Å²) in [5.41, 5.74) is 1.97. The molecule has 1 aliphatic rings. The Hall–Kier alpha value is -3.94. The number of carbonyl (C=O) groups is 1. The van der Waals surface area contributed by atoms with Crippen LogP contribution in [0.1, 0.15) is 34.2 Å². The number of rotatable bonds is 6. The second-order valence-corrected chi connectivity index (χ2v) is 6.46. The molecular formula is C22H18FN3O4. The average molecular weight is 407 g/mol. The molecule has 1 aromatic carbocycles. The molecule has 0 fully saturated rings. The Morgan fingerprint density at radius 1 is 1.33 bits per heavy atom. The fourth-order valence-corrected chi connectivity index (χ4v) is 3.07. The smallest absolute Gasteiger partial charge is 0.347 e. The third kappa shape index (κ3) is 3.80. The zero-order chi connectivity index (χ0) is 21.1. The molecule has 0 aliphatic carbocycles. The van der Waals surface area contributed by atoms with E-state index in [-0.39, 0.29) is 41.9 Å². The van der Waals surface area contributed by atoms with Crippen molar-refractivity contribution in [3.8, 4) is 5.75 Å². The lowest BCUT2D eigenvalue weighted by atomic mass is 10.1. The first kappa shape index (κ1) is 19.4. The van der Waals surface area contributed by atoms with Crippen LogP contribution in [0.25, 0.3) is 11.6 Å². The van der Waals surface area contributed by atoms with Crippen LogP contribution in [0.15, 0.2) is 52.0 Å². The zero-order valence-electron chi connectivity index (χ0n) is 16.1. The maximum atomic E-state index is 13.4. The first-order valence-corrected chi connectivity index (χ1v) is 9.29. The zero-order valence-corrected chi connectivity index (χ0v) is 16.1. The van der Waals surface area contributed by atoms with Crippen LogP contribution < -0.4 is 5.32 Å². The van der Waals surface area contributed by atoms with Crippen LogP contribution in [0.5, 0.6) is 5.75 Å². The van der Waals surface area contributed by atoms with E-state index < -0.39 is 5.97 Å². The number of halogens is 1. The summed E-state index contributed by atoms with van der Waals surface area (Å²) < 4.78 is 24.2. The monoisotopic (exact) mass is 407 g/mol. The van der Waals surface area contributed by atoms with E-state index in [4.69, 9.17) is 9.15 Å². The topological polar surface area (TPSA) is 97.0 Å². The van der Waals surface area contributed by atoms with Gasteiger partial charge in [0.15, 0.2) is 22.9 Å². The summed E-state index contributed by atoms with van der Waals surface area (Å²) in [6.07, 6.45) is 4.81. The standard InChI is InChI=1S/C22H18FN3O4/c1-2-29-22(28)18-19(27)17(10-14-12-25-20-16(14)7-4-8-24-20)30-21(18)26-11-13-5-3-6-15(23)9-13/h3-10,12,26-27H,2,11H2,1H3. The number of benzene rings is 1. The highest BCUT2D eigenvalue weighted by Crippen LogP contribution is 2.38. The number of hydrogen-bond acceptors (Lipinski definition) is 7. The van der Waals surface area contributed by atoms with Crippen LogP contribution in [0.4, 0.5) is 16.1 Å². The highest BCUT2D eigenvalue weighted by Gasteiger charge is 2.27. The van der Waals surface area contributed by atoms with Crippen molar-refractivity contribution in [2.45, 2.75) is 13.5 Å². The van der Waals surface area contributed by atoms with E-state index in [1.165, 1.54) is 12.1 Å². The van der Waals surface area contributed by atoms with Gasteiger partial charge in [0, 0.05) is 30.1 Å². The summed E-state index contributed by atoms with van der Waals surface area (Å²) in [4.78, 5) is 20.8. The van der Waals surface area contributed by atoms with Gasteiger partial charge in [-0.3, -0.25) is 0 Å². The summed E-state index contributed by atoms with van der Waals surface area (Å²) in [5, 5.41) is 13.6. The van der Waals surface area contributed by atoms with Gasteiger partial charge in [-0.1, -0.05) is 12.1 Å². The molecule has 0 saturated heterocycles. The number of allylic oxidation sites excluding steroid dienone is 1. The molecule has 30 heavy (non-hydrogen) atoms. The van der Waals surface area contributed by atoms with E-state index in [0.29, 0.717) is 17.0 Å². The normalized spacial score (nSPS) is 13.5. The van der Waals surface area contributed by atoms with Crippen LogP contribution in [-0.2, 0) is 11.3 Å². The number of aromatic hydroxyl groups is 1. The molecule has 0 bridgehead atoms. The molecule has 7 nitrogen and oxygen atoms in total. The summed E-state index contributed by atoms with van der Waals surface area (Å²) in [5.74, 6) is -0.799. The number of carbonyl (C=O) groups excluding carboxylic acids is 1. The average Bonchev–Trinajstić information content (AvgIpc) is 3.28. The molecule has 1 aliphatic heterocycles. The molecular weight excluding hydrogens is 389 g/mol. The molecule has 0 saturated carbocycles. The number of aromatic nitrogens is 1. The minimum absolute atomic E-state index is 0.0309. The minimum Gasteiger partial charge on any atom is -0.504 e. The van der Waals surface area contributed by atoms with Gasteiger partial charge in [0.2, 0.25) is 5.88 Å². The predicted octanol–water partition coefficient (Wildman–Crippen LogP) is 4.56. The molecule has 2 N–H and O–H groups in total. The van der Waals surface area contributed by atoms with Crippen molar-refractivity contribution in [3.05, 3.63) is 70.9 Å². The van der Waals surface area contributed by atoms with Crippen LogP contribution >= 0.6 is 0 Å². The lowest BCUT2D eigenvalue weighted by Gasteiger charge is -2.06. The Morgan fingerprint density at radius 3 is 3.00 bits per heavy atom. The lowest BCUT2D eigenvalue weighted by Crippen LogP contribution is -2.08. The number of pyridine rings is 1. The van der Waals surface area contributed by atoms with Crippen molar-refractivity contribution in [2.75, 3.05) is 11.9 Å². The molecule has 2 aromatic heterocycles. The first-order valence-electron chi connectivity index (χ1n) is 9.29. The molecule has 8 heteroatoms. The number of nitrogens with zero attached hydrogens (tertiary/aromatic N) is 2. The Morgan fingerprint density at radius 2 is 2.20 bits per heavy atom. The number of ether oxygens (including phenoxy) is 1. The number of furan rings is 1. The molecule has 0 unspecified atom stereocenters. The van der Waals surface area contributed by atoms with Crippen molar-refractivity contribution in [3.63, 3.8) is 0 Å². The molecule has 0 atom stereocenters. The van der Waals surface area contributed by atoms with Gasteiger partial charge in [-0.2, -0.15) is 0 Å². The molecule has 3 aromatic rings. The van der Waals surface area contributed by atoms with E-state index in [9.17, 15) is 14.3 Å². The summed E-state index contributed by atoms with van der Waals surface area (Å²) in [6.45, 7) is 1.98. The fourth-order valence-electron chi connectivity index (χ4n) is 3.07. The van der Waals surface area contributed by atoms with E-state index in [0.717, 1.165) is 5.56 Å². The first-order chi connectivity index (χ1) is 14.6. The third-order valence-corrected chi connectivity index (χ3v) is 4.44. The second-order valence-electron chi connectivity index (χ2n) is 6.46. The number of esters is 1. The summed E-state index contributed by atoms with van der Waals surface area (Å²) >= 11 is 0. The predicted molar refractivity (Wildman–Crippen MR) is 110 cm³/mol. The largest absolute Gasteiger partial charge is 0.504 e. The van der Waals surface area contributed by atoms with Crippen LogP contribution in [0, 0.1) is 5.82 Å². The summed E-state index contributed by atoms with van der Waals surface area (Å²) in [7, 11) is 0. The maximum absolute atomic E-state index is 13.4. The highest BCUT2D eigenvalue weighted by atomic mass is 19.1. The quantitative estimate of drug-likeness (QED) is 0.581. The molecule has 0 spiro atoms. The molecule has 0 amide bonds. The summed E-state index contributed by atoms with van der Waals surface area (Å²) in [6, 6.07) is 9.63. The molecule has 3 heterocycles. The Balaban J connectivity index is 1.68. The van der Waals surface area contributed by atoms with Gasteiger partial charge >= 0.3 is 5.97 Å². The Kier molecular flexibility index (Phi) is 5.30. The third-order valence-electron chi connectivity index (χ3n) is 4.44. The van der Waals surface area contributed by atoms with Crippen LogP contribution in [0.2, 0.25) is 0 Å². The van der Waals surface area contributed by atoms with E-state index in [1.54, 1.807) is 43.6 Å². The van der Waals surface area contributed by atoms with Gasteiger partial charge in [-0.25, -0.2) is 19.2 Å². The van der Waals surface area contributed by atoms with Crippen molar-refractivity contribution in [1.82, 2.24) is 4.98 Å². The van der Waals surface area contributed by atoms with Crippen molar-refractivity contribution >= 4 is 35.5 Å². The Bertz CT molecular complexity index is 1170. The second kappa shape index (κ2) is 8.20. The van der Waals surface area contributed by atoms with E-state index in [2.05, 4.69) is 15.3 Å². The van der Waals surface area contributed by atoms with Crippen LogP contribution in [0.3, 0.4) is 0 Å². The maximum Gasteiger partial charge on any atom is 0.347 e. The minimum atomic E-state index is -0.729. The Labute approximate surface area is 171 Å². The molecule has 0 radical (unpaired) electrons. The van der Waals surface area contributed by atoms with Gasteiger partial charge in [-0.15, -0.1) is 0 Å². The number of anilines is 1. The van der Waals surface area contributed by atoms with Crippen molar-refractivity contribution in [2.24, 2.45) is 4.99 Å². The molecule has 4 rings (SSSR count). The molecule has 152 valence electrons. The van der Waals surface area contributed by atoms with Crippen molar-refractivity contribution < 1.29 is 23.4 Å². The van der Waals surface area contributed by atoms with Gasteiger partial charge in [-0.05, 0) is 42.8 Å². The van der Waals surface area contributed by atoms with Gasteiger partial charge < -0.3 is 19.6 Å². The number of aliphatic imine (C=N–C) groups is 1. The van der Waals surface area contributed by atoms with Crippen molar-refractivity contribution in [1.29, 1.82) is 0 Å². The van der Waals surface area contributed by atoms with Crippen LogP contribution in [-0.4, -0.2) is 28.9 Å². The van der Waals surface area contributed by atoms with Gasteiger partial charge in [0.1, 0.15) is 5.82 Å². The van der Waals surface area contributed by atoms with Gasteiger partial charge in [0.05, 0.1) is 6.61 Å². The highest BCUT2D eigenvalue weighted by molar-refractivity contribution is 6.21. The fraction of sp³-hybridized carbons (Fsp3) is 0.136. The lowest BCUT2D eigenvalue weighted by molar-refractivity contribution is 0.0524. The number of nitrogens with one attached hydrogen (secondary N) is 1.